The Morgan fingerprint density at radius 1 is 1.13 bits per heavy atom. The predicted octanol–water partition coefficient (Wildman–Crippen LogP) is 4.06. The summed E-state index contributed by atoms with van der Waals surface area (Å²) in [5, 5.41) is 14.8. The molecule has 1 heterocycles. The minimum atomic E-state index is -0.971. The van der Waals surface area contributed by atoms with Gasteiger partial charge in [-0.2, -0.15) is 0 Å². The molecule has 0 fully saturated rings. The van der Waals surface area contributed by atoms with Crippen molar-refractivity contribution in [2.24, 2.45) is 0 Å². The lowest BCUT2D eigenvalue weighted by atomic mass is 10.1. The largest absolute Gasteiger partial charge is 0.418 e. The van der Waals surface area contributed by atoms with Crippen molar-refractivity contribution in [3.63, 3.8) is 0 Å². The first-order chi connectivity index (χ1) is 11.0. The fourth-order valence-electron chi connectivity index (χ4n) is 2.52. The normalized spacial score (nSPS) is 10.7. The predicted molar refractivity (Wildman–Crippen MR) is 88.3 cm³/mol. The maximum absolute atomic E-state index is 12.0. The molecule has 3 rings (SSSR count). The van der Waals surface area contributed by atoms with Crippen LogP contribution in [0.5, 0.6) is 0 Å². The first-order valence-electron chi connectivity index (χ1n) is 7.02. The summed E-state index contributed by atoms with van der Waals surface area (Å²) in [6.07, 6.45) is 0. The summed E-state index contributed by atoms with van der Waals surface area (Å²) >= 11 is 0. The van der Waals surface area contributed by atoms with E-state index in [1.165, 1.54) is 0 Å². The Labute approximate surface area is 131 Å². The van der Waals surface area contributed by atoms with E-state index in [0.717, 1.165) is 11.1 Å². The van der Waals surface area contributed by atoms with Crippen LogP contribution in [-0.4, -0.2) is 4.92 Å². The van der Waals surface area contributed by atoms with Gasteiger partial charge in [-0.1, -0.05) is 29.8 Å². The van der Waals surface area contributed by atoms with Crippen molar-refractivity contribution in [1.82, 2.24) is 0 Å². The van der Waals surface area contributed by atoms with Gasteiger partial charge in [0.05, 0.1) is 4.92 Å². The van der Waals surface area contributed by atoms with Gasteiger partial charge in [0.25, 0.3) is 0 Å². The van der Waals surface area contributed by atoms with E-state index < -0.39 is 16.2 Å². The SMILES string of the molecule is Cc1ccc(Nc2c([N+](=O)[O-])c(=O)oc3ccccc23)c(C)c1. The number of nitrogens with one attached hydrogen (secondary N) is 1. The first kappa shape index (κ1) is 14.8. The van der Waals surface area contributed by atoms with Gasteiger partial charge >= 0.3 is 11.3 Å². The van der Waals surface area contributed by atoms with Crippen molar-refractivity contribution in [3.05, 3.63) is 74.1 Å². The fourth-order valence-corrected chi connectivity index (χ4v) is 2.52. The van der Waals surface area contributed by atoms with E-state index in [1.807, 2.05) is 32.0 Å². The smallest absolute Gasteiger partial charge is 0.417 e. The van der Waals surface area contributed by atoms with E-state index >= 15 is 0 Å². The standard InChI is InChI=1S/C17H14N2O4/c1-10-7-8-13(11(2)9-10)18-15-12-5-3-4-6-14(12)23-17(20)16(15)19(21)22/h3-9,18H,1-2H3. The second-order valence-electron chi connectivity index (χ2n) is 5.31. The van der Waals surface area contributed by atoms with Gasteiger partial charge < -0.3 is 9.73 Å². The van der Waals surface area contributed by atoms with E-state index in [4.69, 9.17) is 4.42 Å². The molecule has 0 aliphatic heterocycles. The summed E-state index contributed by atoms with van der Waals surface area (Å²) in [6, 6.07) is 12.4. The molecule has 0 amide bonds. The zero-order chi connectivity index (χ0) is 16.6. The van der Waals surface area contributed by atoms with Crippen LogP contribution in [0.2, 0.25) is 0 Å². The molecule has 0 aliphatic rings. The van der Waals surface area contributed by atoms with E-state index in [1.54, 1.807) is 24.3 Å². The van der Waals surface area contributed by atoms with Gasteiger partial charge in [0.2, 0.25) is 0 Å². The van der Waals surface area contributed by atoms with Crippen LogP contribution in [0, 0.1) is 24.0 Å². The molecule has 0 aliphatic carbocycles. The van der Waals surface area contributed by atoms with E-state index in [0.29, 0.717) is 16.7 Å². The van der Waals surface area contributed by atoms with Crippen LogP contribution in [0.3, 0.4) is 0 Å². The molecule has 3 aromatic rings. The van der Waals surface area contributed by atoms with Gasteiger partial charge in [-0.15, -0.1) is 0 Å². The molecule has 0 atom stereocenters. The molecule has 23 heavy (non-hydrogen) atoms. The number of nitrogens with zero attached hydrogens (tertiary/aromatic N) is 1. The Morgan fingerprint density at radius 3 is 2.57 bits per heavy atom. The zero-order valence-corrected chi connectivity index (χ0v) is 12.6. The van der Waals surface area contributed by atoms with Crippen molar-refractivity contribution in [2.75, 3.05) is 5.32 Å². The topological polar surface area (TPSA) is 85.4 Å². The van der Waals surface area contributed by atoms with E-state index in [-0.39, 0.29) is 5.69 Å². The summed E-state index contributed by atoms with van der Waals surface area (Å²) < 4.78 is 5.04. The molecule has 0 bridgehead atoms. The van der Waals surface area contributed by atoms with Crippen molar-refractivity contribution < 1.29 is 9.34 Å². The van der Waals surface area contributed by atoms with Crippen molar-refractivity contribution in [1.29, 1.82) is 0 Å². The number of hydrogen-bond donors (Lipinski definition) is 1. The quantitative estimate of drug-likeness (QED) is 0.448. The van der Waals surface area contributed by atoms with E-state index in [9.17, 15) is 14.9 Å². The summed E-state index contributed by atoms with van der Waals surface area (Å²) in [7, 11) is 0. The van der Waals surface area contributed by atoms with Crippen LogP contribution in [0.4, 0.5) is 17.1 Å². The third kappa shape index (κ3) is 2.66. The average molecular weight is 310 g/mol. The van der Waals surface area contributed by atoms with Gasteiger partial charge in [0.15, 0.2) is 0 Å². The molecule has 0 saturated carbocycles. The van der Waals surface area contributed by atoms with Gasteiger partial charge in [-0.3, -0.25) is 10.1 Å². The molecule has 1 N–H and O–H groups in total. The molecule has 6 heteroatoms. The maximum atomic E-state index is 12.0. The number of aryl methyl sites for hydroxylation is 2. The molecule has 0 spiro atoms. The highest BCUT2D eigenvalue weighted by atomic mass is 16.6. The summed E-state index contributed by atoms with van der Waals surface area (Å²) in [5.74, 6) is 0. The molecule has 0 radical (unpaired) electrons. The Balaban J connectivity index is 2.28. The summed E-state index contributed by atoms with van der Waals surface area (Å²) in [6.45, 7) is 3.86. The van der Waals surface area contributed by atoms with Crippen molar-refractivity contribution in [2.45, 2.75) is 13.8 Å². The Hall–Kier alpha value is -3.15. The molecule has 0 saturated heterocycles. The van der Waals surface area contributed by atoms with Crippen LogP contribution < -0.4 is 10.9 Å². The minimum Gasteiger partial charge on any atom is -0.418 e. The van der Waals surface area contributed by atoms with Crippen LogP contribution in [0.25, 0.3) is 11.0 Å². The lowest BCUT2D eigenvalue weighted by molar-refractivity contribution is -0.386. The first-order valence-corrected chi connectivity index (χ1v) is 7.02. The molecule has 0 unspecified atom stereocenters. The second kappa shape index (κ2) is 5.57. The molecule has 2 aromatic carbocycles. The Kier molecular flexibility index (Phi) is 3.57. The maximum Gasteiger partial charge on any atom is 0.417 e. The lowest BCUT2D eigenvalue weighted by Gasteiger charge is -2.12. The lowest BCUT2D eigenvalue weighted by Crippen LogP contribution is -2.10. The third-order valence-corrected chi connectivity index (χ3v) is 3.61. The van der Waals surface area contributed by atoms with Gasteiger partial charge in [-0.25, -0.2) is 4.79 Å². The van der Waals surface area contributed by atoms with Crippen molar-refractivity contribution in [3.8, 4) is 0 Å². The molecular weight excluding hydrogens is 296 g/mol. The number of anilines is 2. The minimum absolute atomic E-state index is 0.147. The Morgan fingerprint density at radius 2 is 1.87 bits per heavy atom. The molecule has 116 valence electrons. The second-order valence-corrected chi connectivity index (χ2v) is 5.31. The number of fused-ring (bicyclic) bond motifs is 1. The van der Waals surface area contributed by atoms with Gasteiger partial charge in [0.1, 0.15) is 11.3 Å². The highest BCUT2D eigenvalue weighted by molar-refractivity contribution is 5.96. The summed E-state index contributed by atoms with van der Waals surface area (Å²) in [4.78, 5) is 22.6. The zero-order valence-electron chi connectivity index (χ0n) is 12.6. The summed E-state index contributed by atoms with van der Waals surface area (Å²) in [5.41, 5.74) is 1.60. The fraction of sp³-hybridized carbons (Fsp3) is 0.118. The highest BCUT2D eigenvalue weighted by Crippen LogP contribution is 2.33. The van der Waals surface area contributed by atoms with E-state index in [2.05, 4.69) is 5.32 Å². The van der Waals surface area contributed by atoms with Crippen LogP contribution in [-0.2, 0) is 0 Å². The van der Waals surface area contributed by atoms with Crippen LogP contribution >= 0.6 is 0 Å². The van der Waals surface area contributed by atoms with Crippen molar-refractivity contribution >= 4 is 28.0 Å². The van der Waals surface area contributed by atoms with Gasteiger partial charge in [0, 0.05) is 11.1 Å². The molecule has 1 aromatic heterocycles. The molecule has 6 nitrogen and oxygen atoms in total. The number of rotatable bonds is 3. The molecular formula is C17H14N2O4. The van der Waals surface area contributed by atoms with Gasteiger partial charge in [-0.05, 0) is 37.6 Å². The Bertz CT molecular complexity index is 976. The number of benzene rings is 2. The van der Waals surface area contributed by atoms with Crippen LogP contribution in [0.1, 0.15) is 11.1 Å². The average Bonchev–Trinajstić information content (AvgIpc) is 2.49. The number of para-hydroxylation sites is 1. The number of hydrogen-bond acceptors (Lipinski definition) is 5. The number of nitro groups is 1. The highest BCUT2D eigenvalue weighted by Gasteiger charge is 2.25. The monoisotopic (exact) mass is 310 g/mol. The van der Waals surface area contributed by atoms with Crippen LogP contribution in [0.15, 0.2) is 51.7 Å². The third-order valence-electron chi connectivity index (χ3n) is 3.61.